The number of benzene rings is 1. The predicted molar refractivity (Wildman–Crippen MR) is 127 cm³/mol. The van der Waals surface area contributed by atoms with Crippen molar-refractivity contribution in [2.75, 3.05) is 32.0 Å². The van der Waals surface area contributed by atoms with Gasteiger partial charge in [0.1, 0.15) is 11.6 Å². The SMILES string of the molecule is CN1C(=O)CCC(N2C(=O)c3cccc(NCC4CCCN(C(=O)OC(C)(C)C)C4)c3C2=O)C1=O. The van der Waals surface area contributed by atoms with E-state index in [4.69, 9.17) is 4.74 Å². The number of imide groups is 2. The summed E-state index contributed by atoms with van der Waals surface area (Å²) in [6.45, 7) is 7.19. The molecule has 2 fully saturated rings. The molecule has 0 saturated carbocycles. The van der Waals surface area contributed by atoms with Crippen LogP contribution in [0, 0.1) is 5.92 Å². The molecule has 1 aromatic carbocycles. The Bertz CT molecular complexity index is 1080. The summed E-state index contributed by atoms with van der Waals surface area (Å²) in [6.07, 6.45) is 1.65. The van der Waals surface area contributed by atoms with Gasteiger partial charge >= 0.3 is 6.09 Å². The molecule has 2 atom stereocenters. The Morgan fingerprint density at radius 1 is 1.11 bits per heavy atom. The third-order valence-corrected chi connectivity index (χ3v) is 6.63. The number of carbonyl (C=O) groups is 5. The molecule has 5 amide bonds. The number of nitrogens with zero attached hydrogens (tertiary/aromatic N) is 3. The first-order valence-corrected chi connectivity index (χ1v) is 12.0. The van der Waals surface area contributed by atoms with Crippen molar-refractivity contribution in [3.63, 3.8) is 0 Å². The largest absolute Gasteiger partial charge is 0.444 e. The van der Waals surface area contributed by atoms with Gasteiger partial charge in [-0.3, -0.25) is 29.0 Å². The topological polar surface area (TPSA) is 116 Å². The first-order chi connectivity index (χ1) is 16.5. The lowest BCUT2D eigenvalue weighted by Crippen LogP contribution is -2.54. The van der Waals surface area contributed by atoms with Crippen molar-refractivity contribution in [2.24, 2.45) is 5.92 Å². The zero-order valence-corrected chi connectivity index (χ0v) is 20.6. The maximum Gasteiger partial charge on any atom is 0.410 e. The number of fused-ring (bicyclic) bond motifs is 1. The van der Waals surface area contributed by atoms with Crippen LogP contribution >= 0.6 is 0 Å². The number of hydrogen-bond donors (Lipinski definition) is 1. The van der Waals surface area contributed by atoms with E-state index in [2.05, 4.69) is 5.32 Å². The lowest BCUT2D eigenvalue weighted by atomic mass is 9.98. The Balaban J connectivity index is 1.46. The first kappa shape index (κ1) is 24.7. The van der Waals surface area contributed by atoms with Crippen molar-refractivity contribution in [1.29, 1.82) is 0 Å². The van der Waals surface area contributed by atoms with Crippen LogP contribution in [-0.2, 0) is 14.3 Å². The van der Waals surface area contributed by atoms with E-state index in [1.54, 1.807) is 23.1 Å². The lowest BCUT2D eigenvalue weighted by molar-refractivity contribution is -0.149. The smallest absolute Gasteiger partial charge is 0.410 e. The second kappa shape index (κ2) is 9.31. The van der Waals surface area contributed by atoms with Crippen LogP contribution in [0.1, 0.15) is 67.2 Å². The van der Waals surface area contributed by atoms with Crippen molar-refractivity contribution >= 4 is 35.4 Å². The Morgan fingerprint density at radius 3 is 2.57 bits per heavy atom. The van der Waals surface area contributed by atoms with Crippen LogP contribution in [0.15, 0.2) is 18.2 Å². The average Bonchev–Trinajstić information content (AvgIpc) is 3.06. The third kappa shape index (κ3) is 4.87. The number of piperidine rings is 2. The highest BCUT2D eigenvalue weighted by molar-refractivity contribution is 6.25. The van der Waals surface area contributed by atoms with E-state index in [9.17, 15) is 24.0 Å². The molecule has 3 aliphatic heterocycles. The number of nitrogens with one attached hydrogen (secondary N) is 1. The van der Waals surface area contributed by atoms with Gasteiger partial charge in [-0.2, -0.15) is 0 Å². The average molecular weight is 485 g/mol. The minimum Gasteiger partial charge on any atom is -0.444 e. The number of rotatable bonds is 4. The van der Waals surface area contributed by atoms with Gasteiger partial charge < -0.3 is 15.0 Å². The minimum absolute atomic E-state index is 0.0985. The van der Waals surface area contributed by atoms with E-state index < -0.39 is 29.4 Å². The van der Waals surface area contributed by atoms with Crippen LogP contribution in [0.5, 0.6) is 0 Å². The van der Waals surface area contributed by atoms with Crippen molar-refractivity contribution in [3.05, 3.63) is 29.3 Å². The highest BCUT2D eigenvalue weighted by Gasteiger charge is 2.47. The molecule has 2 unspecified atom stereocenters. The summed E-state index contributed by atoms with van der Waals surface area (Å²) < 4.78 is 5.49. The van der Waals surface area contributed by atoms with Crippen LogP contribution < -0.4 is 5.32 Å². The van der Waals surface area contributed by atoms with Gasteiger partial charge in [-0.25, -0.2) is 4.79 Å². The highest BCUT2D eigenvalue weighted by atomic mass is 16.6. The number of hydrogen-bond acceptors (Lipinski definition) is 7. The van der Waals surface area contributed by atoms with Crippen molar-refractivity contribution in [2.45, 2.75) is 58.1 Å². The van der Waals surface area contributed by atoms with Gasteiger partial charge in [0.25, 0.3) is 17.7 Å². The maximum atomic E-state index is 13.3. The van der Waals surface area contributed by atoms with E-state index in [0.29, 0.717) is 25.3 Å². The van der Waals surface area contributed by atoms with Gasteiger partial charge in [-0.1, -0.05) is 6.07 Å². The second-order valence-electron chi connectivity index (χ2n) is 10.4. The quantitative estimate of drug-likeness (QED) is 0.653. The molecule has 3 heterocycles. The van der Waals surface area contributed by atoms with Gasteiger partial charge in [0, 0.05) is 38.8 Å². The third-order valence-electron chi connectivity index (χ3n) is 6.63. The molecule has 10 nitrogen and oxygen atoms in total. The molecule has 0 aromatic heterocycles. The summed E-state index contributed by atoms with van der Waals surface area (Å²) >= 11 is 0. The summed E-state index contributed by atoms with van der Waals surface area (Å²) in [5.41, 5.74) is 0.439. The number of carbonyl (C=O) groups excluding carboxylic acids is 5. The fourth-order valence-electron chi connectivity index (χ4n) is 4.85. The minimum atomic E-state index is -0.987. The fourth-order valence-corrected chi connectivity index (χ4v) is 4.85. The van der Waals surface area contributed by atoms with Gasteiger partial charge in [0.05, 0.1) is 11.1 Å². The van der Waals surface area contributed by atoms with Crippen LogP contribution in [-0.4, -0.2) is 82.7 Å². The van der Waals surface area contributed by atoms with Crippen LogP contribution in [0.2, 0.25) is 0 Å². The molecule has 188 valence electrons. The van der Waals surface area contributed by atoms with E-state index >= 15 is 0 Å². The molecule has 2 saturated heterocycles. The summed E-state index contributed by atoms with van der Waals surface area (Å²) in [7, 11) is 1.37. The summed E-state index contributed by atoms with van der Waals surface area (Å²) in [6, 6.07) is 4.02. The molecule has 0 bridgehead atoms. The molecule has 10 heteroatoms. The summed E-state index contributed by atoms with van der Waals surface area (Å²) in [4.78, 5) is 67.1. The summed E-state index contributed by atoms with van der Waals surface area (Å²) in [5, 5.41) is 3.30. The van der Waals surface area contributed by atoms with Gasteiger partial charge in [-0.05, 0) is 58.1 Å². The number of likely N-dealkylation sites (N-methyl/N-ethyl adjacent to an activating group) is 1. The zero-order valence-electron chi connectivity index (χ0n) is 20.6. The van der Waals surface area contributed by atoms with E-state index in [1.807, 2.05) is 20.8 Å². The number of anilines is 1. The van der Waals surface area contributed by atoms with Gasteiger partial charge in [0.2, 0.25) is 5.91 Å². The number of ether oxygens (including phenoxy) is 1. The number of amides is 5. The Morgan fingerprint density at radius 2 is 1.86 bits per heavy atom. The number of likely N-dealkylation sites (tertiary alicyclic amines) is 2. The molecule has 1 N–H and O–H groups in total. The monoisotopic (exact) mass is 484 g/mol. The molecule has 0 aliphatic carbocycles. The maximum absolute atomic E-state index is 13.3. The zero-order chi connectivity index (χ0) is 25.5. The second-order valence-corrected chi connectivity index (χ2v) is 10.4. The predicted octanol–water partition coefficient (Wildman–Crippen LogP) is 2.49. The fraction of sp³-hybridized carbons (Fsp3) is 0.560. The summed E-state index contributed by atoms with van der Waals surface area (Å²) in [5.74, 6) is -1.78. The van der Waals surface area contributed by atoms with Gasteiger partial charge in [0.15, 0.2) is 0 Å². The van der Waals surface area contributed by atoms with E-state index in [0.717, 1.165) is 22.6 Å². The van der Waals surface area contributed by atoms with E-state index in [-0.39, 0.29) is 41.9 Å². The Labute approximate surface area is 204 Å². The molecular formula is C25H32N4O6. The molecular weight excluding hydrogens is 452 g/mol. The van der Waals surface area contributed by atoms with Gasteiger partial charge in [-0.15, -0.1) is 0 Å². The van der Waals surface area contributed by atoms with Crippen LogP contribution in [0.3, 0.4) is 0 Å². The Hall–Kier alpha value is -3.43. The molecule has 1 aromatic rings. The van der Waals surface area contributed by atoms with Crippen molar-refractivity contribution in [3.8, 4) is 0 Å². The first-order valence-electron chi connectivity index (χ1n) is 12.0. The van der Waals surface area contributed by atoms with Crippen molar-refractivity contribution < 1.29 is 28.7 Å². The normalized spacial score (nSPS) is 23.0. The Kier molecular flexibility index (Phi) is 6.57. The molecule has 0 radical (unpaired) electrons. The molecule has 0 spiro atoms. The highest BCUT2D eigenvalue weighted by Crippen LogP contribution is 2.33. The van der Waals surface area contributed by atoms with E-state index in [1.165, 1.54) is 7.05 Å². The molecule has 3 aliphatic rings. The molecule has 35 heavy (non-hydrogen) atoms. The molecule has 4 rings (SSSR count). The standard InChI is InChI=1S/C25H32N4O6/c1-25(2,3)35-24(34)28-12-6-7-15(14-28)13-26-17-9-5-8-16-20(17)23(33)29(21(16)31)18-10-11-19(30)27(4)22(18)32/h5,8-9,15,18,26H,6-7,10-14H2,1-4H3. The van der Waals surface area contributed by atoms with Crippen LogP contribution in [0.25, 0.3) is 0 Å². The lowest BCUT2D eigenvalue weighted by Gasteiger charge is -2.34. The van der Waals surface area contributed by atoms with Crippen LogP contribution in [0.4, 0.5) is 10.5 Å². The van der Waals surface area contributed by atoms with Crippen molar-refractivity contribution in [1.82, 2.24) is 14.7 Å².